The molecule has 0 heterocycles. The largest absolute Gasteiger partial charge is 0.392 e. The highest BCUT2D eigenvalue weighted by Crippen LogP contribution is 2.48. The molecule has 0 aromatic rings. The molecule has 1 unspecified atom stereocenters. The van der Waals surface area contributed by atoms with Crippen molar-refractivity contribution in [3.8, 4) is 0 Å². The molecule has 2 N–H and O–H groups in total. The van der Waals surface area contributed by atoms with Gasteiger partial charge >= 0.3 is 0 Å². The molecule has 0 aromatic carbocycles. The van der Waals surface area contributed by atoms with Crippen LogP contribution in [0, 0.1) is 11.3 Å². The van der Waals surface area contributed by atoms with E-state index in [0.29, 0.717) is 12.8 Å². The van der Waals surface area contributed by atoms with Gasteiger partial charge in [-0.15, -0.1) is 0 Å². The highest BCUT2D eigenvalue weighted by Gasteiger charge is 2.41. The van der Waals surface area contributed by atoms with Gasteiger partial charge in [0.2, 0.25) is 0 Å². The standard InChI is InChI=1S/C16H26O3/c1-2-7-16(8-4-9-16)15(19)6-3-5-12-10-13(17)11-14(12)18/h3,5,12,14-15,18-19H,2,4,6-11H2,1H3/b5-3+/t12-,14?,15-/m1/s1. The van der Waals surface area contributed by atoms with Gasteiger partial charge in [-0.1, -0.05) is 31.9 Å². The van der Waals surface area contributed by atoms with Crippen molar-refractivity contribution in [2.45, 2.75) is 70.5 Å². The minimum atomic E-state index is -0.519. The molecule has 108 valence electrons. The number of aliphatic hydroxyl groups excluding tert-OH is 2. The zero-order valence-electron chi connectivity index (χ0n) is 11.8. The first kappa shape index (κ1) is 14.7. The summed E-state index contributed by atoms with van der Waals surface area (Å²) in [6, 6.07) is 0. The first-order valence-corrected chi connectivity index (χ1v) is 7.62. The van der Waals surface area contributed by atoms with Crippen molar-refractivity contribution < 1.29 is 15.0 Å². The van der Waals surface area contributed by atoms with Gasteiger partial charge in [-0.05, 0) is 31.1 Å². The van der Waals surface area contributed by atoms with Crippen LogP contribution in [0.4, 0.5) is 0 Å². The highest BCUT2D eigenvalue weighted by molar-refractivity contribution is 5.81. The molecule has 3 atom stereocenters. The third kappa shape index (κ3) is 3.26. The zero-order chi connectivity index (χ0) is 13.9. The van der Waals surface area contributed by atoms with Gasteiger partial charge in [0.25, 0.3) is 0 Å². The first-order valence-electron chi connectivity index (χ1n) is 7.62. The predicted molar refractivity (Wildman–Crippen MR) is 74.7 cm³/mol. The van der Waals surface area contributed by atoms with Crippen LogP contribution in [0.1, 0.15) is 58.3 Å². The van der Waals surface area contributed by atoms with Crippen LogP contribution in [0.5, 0.6) is 0 Å². The van der Waals surface area contributed by atoms with Crippen molar-refractivity contribution in [3.63, 3.8) is 0 Å². The molecule has 2 fully saturated rings. The predicted octanol–water partition coefficient (Wildman–Crippen LogP) is 2.60. The summed E-state index contributed by atoms with van der Waals surface area (Å²) in [5, 5.41) is 20.1. The van der Waals surface area contributed by atoms with Gasteiger partial charge in [0, 0.05) is 18.8 Å². The number of hydrogen-bond donors (Lipinski definition) is 2. The number of rotatable bonds is 6. The van der Waals surface area contributed by atoms with Gasteiger partial charge in [0.15, 0.2) is 0 Å². The van der Waals surface area contributed by atoms with Gasteiger partial charge in [0.05, 0.1) is 12.2 Å². The fourth-order valence-corrected chi connectivity index (χ4v) is 3.57. The Bertz CT molecular complexity index is 344. The van der Waals surface area contributed by atoms with Crippen LogP contribution in [0.15, 0.2) is 12.2 Å². The van der Waals surface area contributed by atoms with Gasteiger partial charge < -0.3 is 10.2 Å². The summed E-state index contributed by atoms with van der Waals surface area (Å²) in [4.78, 5) is 11.2. The topological polar surface area (TPSA) is 57.5 Å². The number of ketones is 1. The summed E-state index contributed by atoms with van der Waals surface area (Å²) in [5.41, 5.74) is 0.142. The summed E-state index contributed by atoms with van der Waals surface area (Å²) in [5.74, 6) is 0.104. The van der Waals surface area contributed by atoms with Crippen LogP contribution in [-0.4, -0.2) is 28.2 Å². The van der Waals surface area contributed by atoms with Crippen LogP contribution in [0.3, 0.4) is 0 Å². The van der Waals surface area contributed by atoms with Crippen LogP contribution in [0.2, 0.25) is 0 Å². The lowest BCUT2D eigenvalue weighted by molar-refractivity contribution is -0.117. The summed E-state index contributed by atoms with van der Waals surface area (Å²) >= 11 is 0. The Labute approximate surface area is 115 Å². The molecule has 0 spiro atoms. The normalized spacial score (nSPS) is 31.6. The smallest absolute Gasteiger partial charge is 0.136 e. The zero-order valence-corrected chi connectivity index (χ0v) is 11.8. The number of aliphatic hydroxyl groups is 2. The van der Waals surface area contributed by atoms with Crippen molar-refractivity contribution in [3.05, 3.63) is 12.2 Å². The Morgan fingerprint density at radius 2 is 2.16 bits per heavy atom. The van der Waals surface area contributed by atoms with Crippen molar-refractivity contribution in [1.29, 1.82) is 0 Å². The summed E-state index contributed by atoms with van der Waals surface area (Å²) < 4.78 is 0. The van der Waals surface area contributed by atoms with Crippen LogP contribution < -0.4 is 0 Å². The van der Waals surface area contributed by atoms with E-state index in [2.05, 4.69) is 6.92 Å². The fraction of sp³-hybridized carbons (Fsp3) is 0.812. The second kappa shape index (κ2) is 6.19. The van der Waals surface area contributed by atoms with Crippen LogP contribution in [-0.2, 0) is 4.79 Å². The molecule has 0 aromatic heterocycles. The third-order valence-electron chi connectivity index (χ3n) is 4.94. The Morgan fingerprint density at radius 1 is 1.42 bits per heavy atom. The summed E-state index contributed by atoms with van der Waals surface area (Å²) in [6.07, 6.45) is 10.2. The quantitative estimate of drug-likeness (QED) is 0.727. The van der Waals surface area contributed by atoms with E-state index in [1.165, 1.54) is 6.42 Å². The average molecular weight is 266 g/mol. The monoisotopic (exact) mass is 266 g/mol. The third-order valence-corrected chi connectivity index (χ3v) is 4.94. The molecular weight excluding hydrogens is 240 g/mol. The number of hydrogen-bond acceptors (Lipinski definition) is 3. The Kier molecular flexibility index (Phi) is 4.80. The molecule has 2 rings (SSSR count). The van der Waals surface area contributed by atoms with Gasteiger partial charge in [0.1, 0.15) is 5.78 Å². The average Bonchev–Trinajstić information content (AvgIpc) is 2.62. The van der Waals surface area contributed by atoms with Gasteiger partial charge in [-0.2, -0.15) is 0 Å². The van der Waals surface area contributed by atoms with Crippen LogP contribution >= 0.6 is 0 Å². The van der Waals surface area contributed by atoms with Crippen molar-refractivity contribution in [2.75, 3.05) is 0 Å². The maximum Gasteiger partial charge on any atom is 0.136 e. The van der Waals surface area contributed by atoms with Crippen molar-refractivity contribution in [2.24, 2.45) is 11.3 Å². The lowest BCUT2D eigenvalue weighted by Crippen LogP contribution is -2.41. The molecule has 3 heteroatoms. The summed E-state index contributed by atoms with van der Waals surface area (Å²) in [7, 11) is 0. The fourth-order valence-electron chi connectivity index (χ4n) is 3.57. The van der Waals surface area contributed by atoms with Crippen LogP contribution in [0.25, 0.3) is 0 Å². The SMILES string of the molecule is CCCC1([C@H](O)C/C=C/[C@@H]2CC(=O)CC2O)CCC1. The lowest BCUT2D eigenvalue weighted by Gasteiger charge is -2.45. The Balaban J connectivity index is 1.82. The minimum absolute atomic E-state index is 0.0387. The van der Waals surface area contributed by atoms with Crippen molar-refractivity contribution >= 4 is 5.78 Å². The van der Waals surface area contributed by atoms with E-state index in [1.54, 1.807) is 0 Å². The molecule has 3 nitrogen and oxygen atoms in total. The molecule has 2 aliphatic rings. The second-order valence-corrected chi connectivity index (χ2v) is 6.32. The molecule has 0 radical (unpaired) electrons. The van der Waals surface area contributed by atoms with E-state index in [-0.39, 0.29) is 29.6 Å². The highest BCUT2D eigenvalue weighted by atomic mass is 16.3. The number of Topliss-reactive ketones (excluding diaryl/α,β-unsaturated/α-hetero) is 1. The van der Waals surface area contributed by atoms with Gasteiger partial charge in [-0.3, -0.25) is 4.79 Å². The molecule has 0 amide bonds. The van der Waals surface area contributed by atoms with E-state index in [1.807, 2.05) is 12.2 Å². The van der Waals surface area contributed by atoms with E-state index in [9.17, 15) is 15.0 Å². The maximum atomic E-state index is 11.2. The van der Waals surface area contributed by atoms with E-state index in [0.717, 1.165) is 25.7 Å². The molecular formula is C16H26O3. The molecule has 0 saturated heterocycles. The minimum Gasteiger partial charge on any atom is -0.392 e. The molecule has 2 aliphatic carbocycles. The van der Waals surface area contributed by atoms with E-state index < -0.39 is 6.10 Å². The summed E-state index contributed by atoms with van der Waals surface area (Å²) in [6.45, 7) is 2.17. The molecule has 0 aliphatic heterocycles. The second-order valence-electron chi connectivity index (χ2n) is 6.32. The first-order chi connectivity index (χ1) is 9.07. The molecule has 2 saturated carbocycles. The maximum absolute atomic E-state index is 11.2. The molecule has 19 heavy (non-hydrogen) atoms. The van der Waals surface area contributed by atoms with E-state index >= 15 is 0 Å². The molecule has 0 bridgehead atoms. The van der Waals surface area contributed by atoms with Crippen molar-refractivity contribution in [1.82, 2.24) is 0 Å². The Morgan fingerprint density at radius 3 is 2.63 bits per heavy atom. The lowest BCUT2D eigenvalue weighted by atomic mass is 9.62. The van der Waals surface area contributed by atoms with E-state index in [4.69, 9.17) is 0 Å². The van der Waals surface area contributed by atoms with Gasteiger partial charge in [-0.25, -0.2) is 0 Å². The Hall–Kier alpha value is -0.670. The number of carbonyl (C=O) groups excluding carboxylic acids is 1. The number of carbonyl (C=O) groups is 1.